The molecule has 0 spiro atoms. The van der Waals surface area contributed by atoms with Crippen LogP contribution < -0.4 is 10.6 Å². The second kappa shape index (κ2) is 6.34. The van der Waals surface area contributed by atoms with Gasteiger partial charge in [0.15, 0.2) is 0 Å². The number of nitrogens with one attached hydrogen (secondary N) is 2. The summed E-state index contributed by atoms with van der Waals surface area (Å²) in [6.45, 7) is 5.81. The van der Waals surface area contributed by atoms with Crippen LogP contribution in [0.4, 0.5) is 4.79 Å². The molecule has 1 saturated heterocycles. The summed E-state index contributed by atoms with van der Waals surface area (Å²) in [5.74, 6) is -0.275. The topological polar surface area (TPSA) is 81.8 Å². The molecule has 1 aliphatic rings. The van der Waals surface area contributed by atoms with Crippen LogP contribution in [0.5, 0.6) is 0 Å². The second-order valence-corrected chi connectivity index (χ2v) is 4.29. The van der Waals surface area contributed by atoms with Crippen molar-refractivity contribution < 1.29 is 14.4 Å². The highest BCUT2D eigenvalue weighted by molar-refractivity contribution is 5.96. The predicted octanol–water partition coefficient (Wildman–Crippen LogP) is -1.01. The lowest BCUT2D eigenvalue weighted by molar-refractivity contribution is -0.132. The molecule has 1 aliphatic heterocycles. The van der Waals surface area contributed by atoms with Gasteiger partial charge in [0.05, 0.1) is 6.04 Å². The average Bonchev–Trinajstić information content (AvgIpc) is 2.37. The van der Waals surface area contributed by atoms with Gasteiger partial charge in [-0.2, -0.15) is 0 Å². The molecule has 2 N–H and O–H groups in total. The molecule has 0 aromatic rings. The fourth-order valence-electron chi connectivity index (χ4n) is 1.87. The number of nitrogens with zero attached hydrogens (tertiary/aromatic N) is 2. The molecule has 1 rings (SSSR count). The molecular weight excluding hydrogens is 236 g/mol. The van der Waals surface area contributed by atoms with Gasteiger partial charge in [-0.25, -0.2) is 4.79 Å². The maximum atomic E-state index is 11.7. The van der Waals surface area contributed by atoms with Crippen LogP contribution in [0, 0.1) is 0 Å². The Labute approximate surface area is 106 Å². The SMILES string of the molecule is CNC(=O)NC(=O)[C@@H](C)N1CCN(C(C)=O)CC1. The monoisotopic (exact) mass is 256 g/mol. The number of urea groups is 1. The van der Waals surface area contributed by atoms with Crippen molar-refractivity contribution in [2.24, 2.45) is 0 Å². The van der Waals surface area contributed by atoms with Crippen molar-refractivity contribution in [2.45, 2.75) is 19.9 Å². The zero-order valence-electron chi connectivity index (χ0n) is 11.0. The van der Waals surface area contributed by atoms with Gasteiger partial charge in [-0.3, -0.25) is 19.8 Å². The van der Waals surface area contributed by atoms with E-state index < -0.39 is 6.03 Å². The molecule has 0 bridgehead atoms. The smallest absolute Gasteiger partial charge is 0.321 e. The predicted molar refractivity (Wildman–Crippen MR) is 65.9 cm³/mol. The van der Waals surface area contributed by atoms with E-state index in [1.54, 1.807) is 11.8 Å². The molecule has 1 atom stereocenters. The van der Waals surface area contributed by atoms with Gasteiger partial charge in [-0.1, -0.05) is 0 Å². The van der Waals surface area contributed by atoms with Gasteiger partial charge in [-0.05, 0) is 6.92 Å². The lowest BCUT2D eigenvalue weighted by atomic mass is 10.2. The standard InChI is InChI=1S/C11H20N4O3/c1-8(10(17)13-11(18)12-3)14-4-6-15(7-5-14)9(2)16/h8H,4-7H2,1-3H3,(H2,12,13,17,18)/t8-/m1/s1. The van der Waals surface area contributed by atoms with Crippen molar-refractivity contribution in [1.29, 1.82) is 0 Å². The van der Waals surface area contributed by atoms with E-state index in [2.05, 4.69) is 10.6 Å². The largest absolute Gasteiger partial charge is 0.341 e. The minimum atomic E-state index is -0.505. The Kier molecular flexibility index (Phi) is 5.08. The van der Waals surface area contributed by atoms with Crippen molar-refractivity contribution in [3.05, 3.63) is 0 Å². The van der Waals surface area contributed by atoms with Gasteiger partial charge >= 0.3 is 6.03 Å². The third-order valence-electron chi connectivity index (χ3n) is 3.15. The first kappa shape index (κ1) is 14.4. The highest BCUT2D eigenvalue weighted by Crippen LogP contribution is 2.06. The lowest BCUT2D eigenvalue weighted by Crippen LogP contribution is -2.55. The summed E-state index contributed by atoms with van der Waals surface area (Å²) >= 11 is 0. The number of imide groups is 1. The molecule has 0 aliphatic carbocycles. The third kappa shape index (κ3) is 3.69. The van der Waals surface area contributed by atoms with Crippen LogP contribution in [-0.4, -0.2) is 66.9 Å². The number of rotatable bonds is 2. The highest BCUT2D eigenvalue weighted by atomic mass is 16.2. The lowest BCUT2D eigenvalue weighted by Gasteiger charge is -2.36. The minimum absolute atomic E-state index is 0.0529. The summed E-state index contributed by atoms with van der Waals surface area (Å²) in [6.07, 6.45) is 0. The van der Waals surface area contributed by atoms with Crippen molar-refractivity contribution in [2.75, 3.05) is 33.2 Å². The van der Waals surface area contributed by atoms with Gasteiger partial charge in [0.25, 0.3) is 0 Å². The van der Waals surface area contributed by atoms with E-state index in [1.165, 1.54) is 14.0 Å². The summed E-state index contributed by atoms with van der Waals surface area (Å²) in [5.41, 5.74) is 0. The first-order valence-electron chi connectivity index (χ1n) is 5.98. The molecule has 0 unspecified atom stereocenters. The van der Waals surface area contributed by atoms with Crippen LogP contribution in [0.3, 0.4) is 0 Å². The molecule has 0 saturated carbocycles. The maximum absolute atomic E-state index is 11.7. The first-order valence-corrected chi connectivity index (χ1v) is 5.98. The van der Waals surface area contributed by atoms with Crippen molar-refractivity contribution in [3.8, 4) is 0 Å². The Morgan fingerprint density at radius 1 is 1.11 bits per heavy atom. The second-order valence-electron chi connectivity index (χ2n) is 4.29. The molecule has 18 heavy (non-hydrogen) atoms. The molecule has 0 aromatic heterocycles. The number of carbonyl (C=O) groups is 3. The van der Waals surface area contributed by atoms with E-state index in [0.29, 0.717) is 26.2 Å². The Balaban J connectivity index is 2.44. The molecule has 0 radical (unpaired) electrons. The summed E-state index contributed by atoms with van der Waals surface area (Å²) in [5, 5.41) is 4.58. The van der Waals surface area contributed by atoms with Crippen molar-refractivity contribution in [1.82, 2.24) is 20.4 Å². The van der Waals surface area contributed by atoms with Crippen molar-refractivity contribution >= 4 is 17.8 Å². The quantitative estimate of drug-likeness (QED) is 0.663. The summed E-state index contributed by atoms with van der Waals surface area (Å²) in [6, 6.07) is -0.884. The Morgan fingerprint density at radius 3 is 2.11 bits per heavy atom. The zero-order chi connectivity index (χ0) is 13.7. The third-order valence-corrected chi connectivity index (χ3v) is 3.15. The van der Waals surface area contributed by atoms with E-state index in [9.17, 15) is 14.4 Å². The fraction of sp³-hybridized carbons (Fsp3) is 0.727. The maximum Gasteiger partial charge on any atom is 0.321 e. The first-order chi connectivity index (χ1) is 8.45. The van der Waals surface area contributed by atoms with E-state index >= 15 is 0 Å². The van der Waals surface area contributed by atoms with Crippen LogP contribution in [0.2, 0.25) is 0 Å². The summed E-state index contributed by atoms with van der Waals surface area (Å²) in [4.78, 5) is 37.6. The van der Waals surface area contributed by atoms with E-state index in [-0.39, 0.29) is 17.9 Å². The number of carbonyl (C=O) groups excluding carboxylic acids is 3. The molecule has 102 valence electrons. The Bertz CT molecular complexity index is 337. The van der Waals surface area contributed by atoms with Crippen LogP contribution in [0.25, 0.3) is 0 Å². The van der Waals surface area contributed by atoms with Crippen LogP contribution in [-0.2, 0) is 9.59 Å². The van der Waals surface area contributed by atoms with E-state index in [4.69, 9.17) is 0 Å². The van der Waals surface area contributed by atoms with Gasteiger partial charge in [0, 0.05) is 40.2 Å². The zero-order valence-corrected chi connectivity index (χ0v) is 11.0. The normalized spacial score (nSPS) is 18.1. The molecule has 0 aromatic carbocycles. The van der Waals surface area contributed by atoms with E-state index in [0.717, 1.165) is 0 Å². The van der Waals surface area contributed by atoms with Gasteiger partial charge in [0.1, 0.15) is 0 Å². The fourth-order valence-corrected chi connectivity index (χ4v) is 1.87. The molecule has 7 heteroatoms. The molecule has 1 fully saturated rings. The number of amides is 4. The Morgan fingerprint density at radius 2 is 1.67 bits per heavy atom. The summed E-state index contributed by atoms with van der Waals surface area (Å²) < 4.78 is 0. The average molecular weight is 256 g/mol. The van der Waals surface area contributed by atoms with Gasteiger partial charge < -0.3 is 10.2 Å². The van der Waals surface area contributed by atoms with Crippen molar-refractivity contribution in [3.63, 3.8) is 0 Å². The molecule has 4 amide bonds. The molecule has 7 nitrogen and oxygen atoms in total. The van der Waals surface area contributed by atoms with E-state index in [1.807, 2.05) is 4.90 Å². The Hall–Kier alpha value is -1.63. The number of hydrogen-bond acceptors (Lipinski definition) is 4. The molecule has 1 heterocycles. The van der Waals surface area contributed by atoms with Gasteiger partial charge in [0.2, 0.25) is 11.8 Å². The van der Waals surface area contributed by atoms with Gasteiger partial charge in [-0.15, -0.1) is 0 Å². The minimum Gasteiger partial charge on any atom is -0.341 e. The highest BCUT2D eigenvalue weighted by Gasteiger charge is 2.26. The van der Waals surface area contributed by atoms with Crippen LogP contribution in [0.1, 0.15) is 13.8 Å². The van der Waals surface area contributed by atoms with Crippen LogP contribution in [0.15, 0.2) is 0 Å². The summed E-state index contributed by atoms with van der Waals surface area (Å²) in [7, 11) is 1.46. The van der Waals surface area contributed by atoms with Crippen LogP contribution >= 0.6 is 0 Å². The molecular formula is C11H20N4O3. The number of hydrogen-bond donors (Lipinski definition) is 2. The number of piperazine rings is 1.